The molecule has 0 saturated heterocycles. The van der Waals surface area contributed by atoms with Crippen molar-refractivity contribution in [3.05, 3.63) is 35.9 Å². The van der Waals surface area contributed by atoms with Gasteiger partial charge < -0.3 is 5.11 Å². The average Bonchev–Trinajstić information content (AvgIpc) is 3.12. The molecule has 1 saturated carbocycles. The van der Waals surface area contributed by atoms with Gasteiger partial charge in [0.2, 0.25) is 0 Å². The van der Waals surface area contributed by atoms with Crippen molar-refractivity contribution in [2.24, 2.45) is 0 Å². The maximum absolute atomic E-state index is 12.4. The van der Waals surface area contributed by atoms with E-state index in [1.165, 1.54) is 0 Å². The second kappa shape index (κ2) is 5.56. The molecule has 1 aliphatic rings. The van der Waals surface area contributed by atoms with E-state index < -0.39 is 12.5 Å². The Morgan fingerprint density at radius 2 is 1.82 bits per heavy atom. The van der Waals surface area contributed by atoms with Crippen LogP contribution in [-0.4, -0.2) is 35.6 Å². The summed E-state index contributed by atoms with van der Waals surface area (Å²) in [5.74, 6) is 0. The van der Waals surface area contributed by atoms with E-state index in [9.17, 15) is 13.9 Å². The Hall–Kier alpha value is -1.00. The van der Waals surface area contributed by atoms with Crippen molar-refractivity contribution in [3.8, 4) is 0 Å². The van der Waals surface area contributed by atoms with Crippen LogP contribution in [0.25, 0.3) is 0 Å². The zero-order chi connectivity index (χ0) is 12.3. The molecule has 0 heterocycles. The molecule has 1 aliphatic carbocycles. The Kier molecular flexibility index (Phi) is 4.07. The molecule has 0 radical (unpaired) electrons. The van der Waals surface area contributed by atoms with Crippen LogP contribution >= 0.6 is 0 Å². The van der Waals surface area contributed by atoms with Crippen LogP contribution in [0.1, 0.15) is 24.5 Å². The number of hydrogen-bond acceptors (Lipinski definition) is 2. The van der Waals surface area contributed by atoms with Gasteiger partial charge in [0.05, 0.1) is 12.6 Å². The summed E-state index contributed by atoms with van der Waals surface area (Å²) in [6.07, 6.45) is -1.09. The average molecular weight is 241 g/mol. The molecule has 1 unspecified atom stereocenters. The minimum atomic E-state index is -2.33. The third kappa shape index (κ3) is 3.75. The van der Waals surface area contributed by atoms with Crippen molar-refractivity contribution in [1.82, 2.24) is 4.90 Å². The third-order valence-corrected chi connectivity index (χ3v) is 3.03. The molecule has 0 spiro atoms. The molecule has 0 aromatic heterocycles. The zero-order valence-corrected chi connectivity index (χ0v) is 9.60. The van der Waals surface area contributed by atoms with Gasteiger partial charge in [-0.15, -0.1) is 0 Å². The molecule has 17 heavy (non-hydrogen) atoms. The van der Waals surface area contributed by atoms with E-state index in [0.29, 0.717) is 6.54 Å². The first kappa shape index (κ1) is 12.5. The molecule has 0 aliphatic heterocycles. The fourth-order valence-corrected chi connectivity index (χ4v) is 1.99. The number of hydrogen-bond donors (Lipinski definition) is 1. The summed E-state index contributed by atoms with van der Waals surface area (Å²) in [5.41, 5.74) is 0.785. The zero-order valence-electron chi connectivity index (χ0n) is 9.60. The summed E-state index contributed by atoms with van der Waals surface area (Å²) in [5, 5.41) is 9.99. The van der Waals surface area contributed by atoms with Gasteiger partial charge in [-0.25, -0.2) is 8.78 Å². The van der Waals surface area contributed by atoms with Gasteiger partial charge in [-0.3, -0.25) is 4.90 Å². The van der Waals surface area contributed by atoms with Gasteiger partial charge in [-0.1, -0.05) is 30.3 Å². The van der Waals surface area contributed by atoms with Crippen molar-refractivity contribution in [3.63, 3.8) is 0 Å². The summed E-state index contributed by atoms with van der Waals surface area (Å²) in [4.78, 5) is 1.70. The number of rotatable bonds is 6. The molecule has 4 heteroatoms. The van der Waals surface area contributed by atoms with E-state index in [1.54, 1.807) is 4.90 Å². The lowest BCUT2D eigenvalue weighted by Crippen LogP contribution is -2.34. The minimum absolute atomic E-state index is 0.238. The molecule has 0 amide bonds. The first-order valence-electron chi connectivity index (χ1n) is 5.92. The number of alkyl halides is 2. The lowest BCUT2D eigenvalue weighted by Gasteiger charge is -2.24. The molecule has 1 fully saturated rings. The molecule has 2 nitrogen and oxygen atoms in total. The number of benzene rings is 1. The fraction of sp³-hybridized carbons (Fsp3) is 0.538. The molecule has 1 aromatic carbocycles. The van der Waals surface area contributed by atoms with Crippen LogP contribution in [0.15, 0.2) is 30.3 Å². The molecule has 1 N–H and O–H groups in total. The van der Waals surface area contributed by atoms with Crippen LogP contribution in [0.5, 0.6) is 0 Å². The minimum Gasteiger partial charge on any atom is -0.387 e. The standard InChI is InChI=1S/C13H17F2NO/c14-13(15)9-16(11-6-7-11)8-12(17)10-4-2-1-3-5-10/h1-5,11-13,17H,6-9H2. The number of aliphatic hydroxyl groups is 1. The quantitative estimate of drug-likeness (QED) is 0.827. The summed E-state index contributed by atoms with van der Waals surface area (Å²) in [7, 11) is 0. The molecular weight excluding hydrogens is 224 g/mol. The normalized spacial score (nSPS) is 17.7. The Bertz CT molecular complexity index is 341. The van der Waals surface area contributed by atoms with E-state index in [2.05, 4.69) is 0 Å². The van der Waals surface area contributed by atoms with Crippen molar-refractivity contribution in [2.75, 3.05) is 13.1 Å². The molecule has 0 bridgehead atoms. The van der Waals surface area contributed by atoms with Gasteiger partial charge in [0, 0.05) is 12.6 Å². The second-order valence-electron chi connectivity index (χ2n) is 4.50. The lowest BCUT2D eigenvalue weighted by atomic mass is 10.1. The highest BCUT2D eigenvalue weighted by molar-refractivity contribution is 5.17. The third-order valence-electron chi connectivity index (χ3n) is 3.03. The molecule has 94 valence electrons. The smallest absolute Gasteiger partial charge is 0.251 e. The summed E-state index contributed by atoms with van der Waals surface area (Å²) >= 11 is 0. The Balaban J connectivity index is 1.93. The van der Waals surface area contributed by atoms with Gasteiger partial charge in [0.1, 0.15) is 0 Å². The molecule has 1 aromatic rings. The van der Waals surface area contributed by atoms with Crippen molar-refractivity contribution in [2.45, 2.75) is 31.4 Å². The maximum atomic E-state index is 12.4. The maximum Gasteiger partial charge on any atom is 0.251 e. The van der Waals surface area contributed by atoms with Crippen molar-refractivity contribution < 1.29 is 13.9 Å². The Morgan fingerprint density at radius 1 is 1.18 bits per heavy atom. The molecule has 2 rings (SSSR count). The van der Waals surface area contributed by atoms with Crippen molar-refractivity contribution >= 4 is 0 Å². The summed E-state index contributed by atoms with van der Waals surface area (Å²) in [6.45, 7) is 0.0492. The SMILES string of the molecule is OC(CN(CC(F)F)C1CC1)c1ccccc1. The van der Waals surface area contributed by atoms with Crippen LogP contribution in [0.2, 0.25) is 0 Å². The van der Waals surface area contributed by atoms with Crippen LogP contribution < -0.4 is 0 Å². The summed E-state index contributed by atoms with van der Waals surface area (Å²) < 4.78 is 24.8. The van der Waals surface area contributed by atoms with Crippen LogP contribution in [0, 0.1) is 0 Å². The van der Waals surface area contributed by atoms with Crippen LogP contribution in [0.4, 0.5) is 8.78 Å². The van der Waals surface area contributed by atoms with Gasteiger partial charge >= 0.3 is 0 Å². The highest BCUT2D eigenvalue weighted by Gasteiger charge is 2.32. The molecule has 1 atom stereocenters. The highest BCUT2D eigenvalue weighted by Crippen LogP contribution is 2.29. The Morgan fingerprint density at radius 3 is 2.35 bits per heavy atom. The van der Waals surface area contributed by atoms with E-state index >= 15 is 0 Å². The largest absolute Gasteiger partial charge is 0.387 e. The van der Waals surface area contributed by atoms with Crippen LogP contribution in [-0.2, 0) is 0 Å². The second-order valence-corrected chi connectivity index (χ2v) is 4.50. The molecular formula is C13H17F2NO. The van der Waals surface area contributed by atoms with Crippen molar-refractivity contribution in [1.29, 1.82) is 0 Å². The van der Waals surface area contributed by atoms with E-state index in [4.69, 9.17) is 0 Å². The topological polar surface area (TPSA) is 23.5 Å². The van der Waals surface area contributed by atoms with Gasteiger partial charge in [0.15, 0.2) is 0 Å². The Labute approximate surface area is 99.9 Å². The first-order chi connectivity index (χ1) is 8.16. The van der Waals surface area contributed by atoms with E-state index in [1.807, 2.05) is 30.3 Å². The van der Waals surface area contributed by atoms with E-state index in [0.717, 1.165) is 18.4 Å². The fourth-order valence-electron chi connectivity index (χ4n) is 1.99. The van der Waals surface area contributed by atoms with E-state index in [-0.39, 0.29) is 12.6 Å². The van der Waals surface area contributed by atoms with Gasteiger partial charge in [-0.05, 0) is 18.4 Å². The van der Waals surface area contributed by atoms with Crippen LogP contribution in [0.3, 0.4) is 0 Å². The number of aliphatic hydroxyl groups excluding tert-OH is 1. The predicted molar refractivity (Wildman–Crippen MR) is 62.0 cm³/mol. The lowest BCUT2D eigenvalue weighted by molar-refractivity contribution is 0.0503. The summed E-state index contributed by atoms with van der Waals surface area (Å²) in [6, 6.07) is 9.42. The number of nitrogens with zero attached hydrogens (tertiary/aromatic N) is 1. The van der Waals surface area contributed by atoms with Gasteiger partial charge in [0.25, 0.3) is 6.43 Å². The number of halogens is 2. The predicted octanol–water partition coefficient (Wildman–Crippen LogP) is 2.45. The van der Waals surface area contributed by atoms with Gasteiger partial charge in [-0.2, -0.15) is 0 Å². The highest BCUT2D eigenvalue weighted by atomic mass is 19.3. The first-order valence-corrected chi connectivity index (χ1v) is 5.92. The monoisotopic (exact) mass is 241 g/mol.